The molecule has 3 rings (SSSR count). The van der Waals surface area contributed by atoms with E-state index in [9.17, 15) is 9.59 Å². The summed E-state index contributed by atoms with van der Waals surface area (Å²) in [4.78, 5) is 32.3. The molecule has 2 saturated carbocycles. The molecular weight excluding hydrogens is 806 g/mol. The predicted molar refractivity (Wildman–Crippen MR) is 179 cm³/mol. The predicted octanol–water partition coefficient (Wildman–Crippen LogP) is 8.57. The van der Waals surface area contributed by atoms with Crippen LogP contribution in [-0.2, 0) is 23.9 Å². The third-order valence-corrected chi connectivity index (χ3v) is 8.91. The second kappa shape index (κ2) is 27.0. The van der Waals surface area contributed by atoms with Crippen LogP contribution >= 0.6 is 0 Å². The molecular formula is C38H56O7U. The first-order chi connectivity index (χ1) is 22.0. The molecule has 0 heterocycles. The zero-order valence-electron chi connectivity index (χ0n) is 27.9. The molecule has 1 aromatic carbocycles. The van der Waals surface area contributed by atoms with E-state index < -0.39 is 0 Å². The van der Waals surface area contributed by atoms with Crippen LogP contribution in [0.2, 0.25) is 0 Å². The standard InChI is InChI=1S/C35H53O6.C3H3O.U/c1-3-5-6-9-26-40-35(37)31-18-16-30(17-19-31)29-14-12-28(13-15-29)27-41-33-22-20-32(21-23-33)38-24-10-7-8-11-25-39-34(36)4-2;1-2-3-4;/h4,20-23,28-31H,1-3,5-19,24-27H2;2H,1H2;/q2*-1;+2. The largest absolute Gasteiger partial charge is 2.00 e. The van der Waals surface area contributed by atoms with Crippen molar-refractivity contribution in [3.8, 4) is 11.5 Å². The quantitative estimate of drug-likeness (QED) is 0.0562. The van der Waals surface area contributed by atoms with Crippen LogP contribution in [0.1, 0.15) is 103 Å². The molecule has 0 amide bonds. The molecule has 254 valence electrons. The molecule has 0 radical (unpaired) electrons. The van der Waals surface area contributed by atoms with E-state index in [2.05, 4.69) is 20.1 Å². The Morgan fingerprint density at radius 2 is 1.24 bits per heavy atom. The molecule has 0 atom stereocenters. The van der Waals surface area contributed by atoms with Gasteiger partial charge < -0.3 is 30.7 Å². The summed E-state index contributed by atoms with van der Waals surface area (Å²) >= 11 is 0. The molecule has 2 fully saturated rings. The summed E-state index contributed by atoms with van der Waals surface area (Å²) in [6.45, 7) is 12.8. The number of ether oxygens (including phenoxy) is 4. The Kier molecular flexibility index (Phi) is 24.6. The van der Waals surface area contributed by atoms with Crippen LogP contribution in [0.3, 0.4) is 0 Å². The first-order valence-corrected chi connectivity index (χ1v) is 17.1. The van der Waals surface area contributed by atoms with Gasteiger partial charge in [0.05, 0.1) is 32.3 Å². The maximum Gasteiger partial charge on any atom is 2.00 e. The van der Waals surface area contributed by atoms with Crippen LogP contribution in [-0.4, -0.2) is 44.7 Å². The molecule has 0 N–H and O–H groups in total. The Hall–Kier alpha value is -2.04. The third kappa shape index (κ3) is 18.3. The van der Waals surface area contributed by atoms with Gasteiger partial charge in [0.15, 0.2) is 0 Å². The van der Waals surface area contributed by atoms with Gasteiger partial charge in [0, 0.05) is 6.08 Å². The van der Waals surface area contributed by atoms with Crippen LogP contribution in [0.15, 0.2) is 49.6 Å². The van der Waals surface area contributed by atoms with E-state index in [0.29, 0.717) is 25.7 Å². The van der Waals surface area contributed by atoms with Gasteiger partial charge in [0.25, 0.3) is 0 Å². The molecule has 7 nitrogen and oxygen atoms in total. The van der Waals surface area contributed by atoms with E-state index in [1.807, 2.05) is 24.3 Å². The van der Waals surface area contributed by atoms with Gasteiger partial charge in [0.1, 0.15) is 11.5 Å². The molecule has 0 spiro atoms. The van der Waals surface area contributed by atoms with E-state index in [1.165, 1.54) is 50.9 Å². The molecule has 0 aliphatic heterocycles. The van der Waals surface area contributed by atoms with E-state index in [0.717, 1.165) is 100 Å². The number of carbonyl (C=O) groups is 2. The second-order valence-corrected chi connectivity index (χ2v) is 12.2. The van der Waals surface area contributed by atoms with Crippen molar-refractivity contribution in [2.24, 2.45) is 23.7 Å². The monoisotopic (exact) mass is 862 g/mol. The van der Waals surface area contributed by atoms with Crippen LogP contribution in [0.25, 0.3) is 0 Å². The van der Waals surface area contributed by atoms with E-state index >= 15 is 0 Å². The SMILES string of the molecule is C=CC(=O)OCCCCCCOc1ccc(OCC2CCC(C3CCC(C(=O)OCCCCC[CH2-])CC3)CC2)cc1.C=C[C-]=O.[U+2]. The van der Waals surface area contributed by atoms with Crippen LogP contribution in [0.4, 0.5) is 0 Å². The Balaban J connectivity index is 0.00000199. The summed E-state index contributed by atoms with van der Waals surface area (Å²) in [5.41, 5.74) is 0. The van der Waals surface area contributed by atoms with Crippen molar-refractivity contribution < 1.29 is 64.4 Å². The number of rotatable bonds is 20. The van der Waals surface area contributed by atoms with Gasteiger partial charge >= 0.3 is 43.1 Å². The maximum absolute atomic E-state index is 12.4. The summed E-state index contributed by atoms with van der Waals surface area (Å²) in [5.74, 6) is 3.77. The smallest absolute Gasteiger partial charge is 0.494 e. The number of allylic oxidation sites excluding steroid dienone is 1. The number of carbonyl (C=O) groups excluding carboxylic acids is 3. The van der Waals surface area contributed by atoms with Gasteiger partial charge in [-0.25, -0.2) is 17.4 Å². The van der Waals surface area contributed by atoms with Crippen molar-refractivity contribution in [3.05, 3.63) is 56.5 Å². The fourth-order valence-electron chi connectivity index (χ4n) is 6.22. The van der Waals surface area contributed by atoms with Gasteiger partial charge in [-0.15, -0.1) is 0 Å². The number of esters is 2. The van der Waals surface area contributed by atoms with Crippen molar-refractivity contribution in [1.82, 2.24) is 0 Å². The van der Waals surface area contributed by atoms with Crippen molar-refractivity contribution in [3.63, 3.8) is 0 Å². The van der Waals surface area contributed by atoms with Crippen molar-refractivity contribution in [2.75, 3.05) is 26.4 Å². The molecule has 0 aromatic heterocycles. The fraction of sp³-hybridized carbons (Fsp3) is 0.632. The summed E-state index contributed by atoms with van der Waals surface area (Å²) in [7, 11) is 0. The molecule has 8 heteroatoms. The number of unbranched alkanes of at least 4 members (excludes halogenated alkanes) is 6. The number of hydrogen-bond acceptors (Lipinski definition) is 7. The van der Waals surface area contributed by atoms with Gasteiger partial charge in [-0.05, 0) is 132 Å². The van der Waals surface area contributed by atoms with Gasteiger partial charge in [-0.2, -0.15) is 6.42 Å². The minimum absolute atomic E-state index is 0. The van der Waals surface area contributed by atoms with Gasteiger partial charge in [-0.3, -0.25) is 4.79 Å². The first-order valence-electron chi connectivity index (χ1n) is 17.1. The van der Waals surface area contributed by atoms with Crippen molar-refractivity contribution in [1.29, 1.82) is 0 Å². The van der Waals surface area contributed by atoms with E-state index in [-0.39, 0.29) is 49.0 Å². The average molecular weight is 863 g/mol. The van der Waals surface area contributed by atoms with Crippen LogP contribution < -0.4 is 9.47 Å². The van der Waals surface area contributed by atoms with Crippen molar-refractivity contribution >= 4 is 18.2 Å². The number of benzene rings is 1. The summed E-state index contributed by atoms with van der Waals surface area (Å²) in [6, 6.07) is 7.97. The minimum Gasteiger partial charge on any atom is -0.494 e. The summed E-state index contributed by atoms with van der Waals surface area (Å²) in [6.07, 6.45) is 21.1. The van der Waals surface area contributed by atoms with Crippen molar-refractivity contribution in [2.45, 2.75) is 103 Å². The van der Waals surface area contributed by atoms with Gasteiger partial charge in [0.2, 0.25) is 0 Å². The van der Waals surface area contributed by atoms with E-state index in [4.69, 9.17) is 23.7 Å². The molecule has 0 saturated heterocycles. The maximum atomic E-state index is 12.4. The Morgan fingerprint density at radius 3 is 1.78 bits per heavy atom. The average Bonchev–Trinajstić information content (AvgIpc) is 3.09. The molecule has 2 aliphatic carbocycles. The molecule has 46 heavy (non-hydrogen) atoms. The Bertz CT molecular complexity index is 958. The van der Waals surface area contributed by atoms with Crippen LogP contribution in [0, 0.1) is 61.7 Å². The molecule has 0 unspecified atom stereocenters. The van der Waals surface area contributed by atoms with E-state index in [1.54, 1.807) is 0 Å². The minimum atomic E-state index is -0.356. The Labute approximate surface area is 302 Å². The normalized spacial score (nSPS) is 20.5. The molecule has 0 bridgehead atoms. The Morgan fingerprint density at radius 1 is 0.739 bits per heavy atom. The van der Waals surface area contributed by atoms with Gasteiger partial charge in [-0.1, -0.05) is 19.4 Å². The summed E-state index contributed by atoms with van der Waals surface area (Å²) < 4.78 is 22.5. The van der Waals surface area contributed by atoms with Crippen LogP contribution in [0.5, 0.6) is 11.5 Å². The zero-order valence-corrected chi connectivity index (χ0v) is 32.1. The third-order valence-electron chi connectivity index (χ3n) is 8.91. The second-order valence-electron chi connectivity index (χ2n) is 12.2. The first kappa shape index (κ1) is 42.0. The number of hydrogen-bond donors (Lipinski definition) is 0. The topological polar surface area (TPSA) is 88.1 Å². The molecule has 2 aliphatic rings. The molecule has 1 aromatic rings. The fourth-order valence-corrected chi connectivity index (χ4v) is 6.22. The summed E-state index contributed by atoms with van der Waals surface area (Å²) in [5, 5.41) is 0. The zero-order chi connectivity index (χ0) is 32.5.